The van der Waals surface area contributed by atoms with Gasteiger partial charge in [0.25, 0.3) is 0 Å². The maximum absolute atomic E-state index is 14.3. The van der Waals surface area contributed by atoms with E-state index in [9.17, 15) is 17.6 Å². The molecular formula is C27H18F4. The summed E-state index contributed by atoms with van der Waals surface area (Å²) in [5.41, 5.74) is 4.42. The van der Waals surface area contributed by atoms with Gasteiger partial charge in [0.1, 0.15) is 5.82 Å². The molecule has 0 aliphatic heterocycles. The topological polar surface area (TPSA) is 0 Å². The highest BCUT2D eigenvalue weighted by molar-refractivity contribution is 5.85. The summed E-state index contributed by atoms with van der Waals surface area (Å²) in [5.74, 6) is 0.139. The van der Waals surface area contributed by atoms with Crippen molar-refractivity contribution in [3.63, 3.8) is 0 Å². The Kier molecular flexibility index (Phi) is 5.77. The van der Waals surface area contributed by atoms with E-state index in [1.807, 2.05) is 24.3 Å². The second-order valence-electron chi connectivity index (χ2n) is 7.32. The van der Waals surface area contributed by atoms with Crippen LogP contribution in [-0.4, -0.2) is 0 Å². The zero-order valence-electron chi connectivity index (χ0n) is 16.8. The first-order valence-electron chi connectivity index (χ1n) is 9.94. The molecule has 0 saturated heterocycles. The average Bonchev–Trinajstić information content (AvgIpc) is 2.77. The van der Waals surface area contributed by atoms with Crippen molar-refractivity contribution in [3.8, 4) is 23.0 Å². The zero-order chi connectivity index (χ0) is 22.0. The van der Waals surface area contributed by atoms with Crippen molar-refractivity contribution in [2.45, 2.75) is 19.8 Å². The van der Waals surface area contributed by atoms with E-state index in [2.05, 4.69) is 43.0 Å². The summed E-state index contributed by atoms with van der Waals surface area (Å²) in [6.45, 7) is 2.15. The number of halogens is 4. The van der Waals surface area contributed by atoms with Crippen molar-refractivity contribution in [1.29, 1.82) is 0 Å². The lowest BCUT2D eigenvalue weighted by Crippen LogP contribution is -1.95. The van der Waals surface area contributed by atoms with Crippen LogP contribution in [0.2, 0.25) is 0 Å². The van der Waals surface area contributed by atoms with Crippen molar-refractivity contribution in [2.24, 2.45) is 0 Å². The molecule has 0 spiro atoms. The molecule has 4 aromatic rings. The predicted molar refractivity (Wildman–Crippen MR) is 116 cm³/mol. The number of hydrogen-bond acceptors (Lipinski definition) is 0. The van der Waals surface area contributed by atoms with Gasteiger partial charge in [0, 0.05) is 11.1 Å². The van der Waals surface area contributed by atoms with E-state index in [1.165, 1.54) is 11.6 Å². The molecule has 0 radical (unpaired) electrons. The molecule has 0 amide bonds. The van der Waals surface area contributed by atoms with Crippen LogP contribution < -0.4 is 0 Å². The highest BCUT2D eigenvalue weighted by atomic mass is 19.2. The molecule has 4 aromatic carbocycles. The lowest BCUT2D eigenvalue weighted by Gasteiger charge is -2.05. The van der Waals surface area contributed by atoms with Crippen LogP contribution in [0.3, 0.4) is 0 Å². The monoisotopic (exact) mass is 418 g/mol. The van der Waals surface area contributed by atoms with Gasteiger partial charge in [-0.3, -0.25) is 0 Å². The van der Waals surface area contributed by atoms with Gasteiger partial charge in [0.2, 0.25) is 0 Å². The van der Waals surface area contributed by atoms with Crippen LogP contribution in [0.1, 0.15) is 30.0 Å². The Balaban J connectivity index is 1.60. The van der Waals surface area contributed by atoms with Gasteiger partial charge >= 0.3 is 0 Å². The molecule has 4 heteroatoms. The highest BCUT2D eigenvalue weighted by Gasteiger charge is 2.17. The van der Waals surface area contributed by atoms with Crippen molar-refractivity contribution in [3.05, 3.63) is 107 Å². The Bertz CT molecular complexity index is 1310. The molecular weight excluding hydrogens is 400 g/mol. The van der Waals surface area contributed by atoms with Crippen molar-refractivity contribution >= 4 is 10.8 Å². The first-order chi connectivity index (χ1) is 15.0. The fourth-order valence-corrected chi connectivity index (χ4v) is 3.50. The minimum absolute atomic E-state index is 0.0810. The smallest absolute Gasteiger partial charge is 0.195 e. The van der Waals surface area contributed by atoms with Gasteiger partial charge in [-0.25, -0.2) is 17.6 Å². The Morgan fingerprint density at radius 2 is 1.26 bits per heavy atom. The van der Waals surface area contributed by atoms with E-state index in [0.29, 0.717) is 5.56 Å². The number of rotatable bonds is 3. The fraction of sp³-hybridized carbons (Fsp3) is 0.111. The van der Waals surface area contributed by atoms with E-state index in [-0.39, 0.29) is 10.9 Å². The molecule has 0 aromatic heterocycles. The summed E-state index contributed by atoms with van der Waals surface area (Å²) in [5, 5.41) is -0.665. The van der Waals surface area contributed by atoms with Crippen LogP contribution in [0.25, 0.3) is 21.9 Å². The van der Waals surface area contributed by atoms with Crippen LogP contribution in [-0.2, 0) is 6.42 Å². The molecule has 0 bridgehead atoms. The SMILES string of the molecule is CCCc1ccc(-c2ccc(C#Cc3cc(F)c4c(F)c(F)c(F)cc4c3)cc2)cc1. The maximum Gasteiger partial charge on any atom is 0.195 e. The molecule has 0 atom stereocenters. The minimum Gasteiger partial charge on any atom is -0.206 e. The molecule has 0 N–H and O–H groups in total. The quantitative estimate of drug-likeness (QED) is 0.185. The van der Waals surface area contributed by atoms with Crippen molar-refractivity contribution in [1.82, 2.24) is 0 Å². The third-order valence-electron chi connectivity index (χ3n) is 5.09. The summed E-state index contributed by atoms with van der Waals surface area (Å²) >= 11 is 0. The summed E-state index contributed by atoms with van der Waals surface area (Å²) in [7, 11) is 0. The van der Waals surface area contributed by atoms with Crippen LogP contribution in [0.15, 0.2) is 66.7 Å². The Labute approximate surface area is 178 Å². The van der Waals surface area contributed by atoms with E-state index < -0.39 is 28.7 Å². The molecule has 0 saturated carbocycles. The van der Waals surface area contributed by atoms with Gasteiger partial charge in [-0.05, 0) is 58.8 Å². The summed E-state index contributed by atoms with van der Waals surface area (Å²) in [6.07, 6.45) is 2.16. The molecule has 31 heavy (non-hydrogen) atoms. The van der Waals surface area contributed by atoms with Crippen LogP contribution in [0.5, 0.6) is 0 Å². The first-order valence-corrected chi connectivity index (χ1v) is 9.94. The van der Waals surface area contributed by atoms with Gasteiger partial charge < -0.3 is 0 Å². The summed E-state index contributed by atoms with van der Waals surface area (Å²) in [4.78, 5) is 0. The predicted octanol–water partition coefficient (Wildman–Crippen LogP) is 7.42. The summed E-state index contributed by atoms with van der Waals surface area (Å²) < 4.78 is 55.0. The van der Waals surface area contributed by atoms with Crippen LogP contribution >= 0.6 is 0 Å². The second kappa shape index (κ2) is 8.65. The van der Waals surface area contributed by atoms with Gasteiger partial charge in [-0.1, -0.05) is 61.6 Å². The Hall–Kier alpha value is -3.58. The standard InChI is InChI=1S/C27H18F4/c1-2-3-17-6-10-20(11-7-17)21-12-8-18(9-13-21)4-5-19-14-22-16-24(29)26(30)27(31)25(22)23(28)15-19/h6-16H,2-3H2,1H3. The normalized spacial score (nSPS) is 10.7. The van der Waals surface area contributed by atoms with E-state index >= 15 is 0 Å². The molecule has 0 unspecified atom stereocenters. The number of benzene rings is 4. The Morgan fingerprint density at radius 1 is 0.645 bits per heavy atom. The van der Waals surface area contributed by atoms with E-state index in [1.54, 1.807) is 0 Å². The van der Waals surface area contributed by atoms with Crippen LogP contribution in [0.4, 0.5) is 17.6 Å². The fourth-order valence-electron chi connectivity index (χ4n) is 3.50. The van der Waals surface area contributed by atoms with Crippen molar-refractivity contribution < 1.29 is 17.6 Å². The lowest BCUT2D eigenvalue weighted by atomic mass is 10.0. The molecule has 0 aliphatic carbocycles. The van der Waals surface area contributed by atoms with E-state index in [4.69, 9.17) is 0 Å². The molecule has 4 rings (SSSR count). The average molecular weight is 418 g/mol. The Morgan fingerprint density at radius 3 is 1.90 bits per heavy atom. The molecule has 0 aliphatic rings. The highest BCUT2D eigenvalue weighted by Crippen LogP contribution is 2.27. The lowest BCUT2D eigenvalue weighted by molar-refractivity contribution is 0.451. The van der Waals surface area contributed by atoms with Gasteiger partial charge in [0.05, 0.1) is 5.39 Å². The number of aryl methyl sites for hydroxylation is 1. The minimum atomic E-state index is -1.69. The van der Waals surface area contributed by atoms with Crippen molar-refractivity contribution in [2.75, 3.05) is 0 Å². The third-order valence-corrected chi connectivity index (χ3v) is 5.09. The second-order valence-corrected chi connectivity index (χ2v) is 7.32. The molecule has 0 fully saturated rings. The molecule has 154 valence electrons. The number of fused-ring (bicyclic) bond motifs is 1. The molecule has 0 nitrogen and oxygen atoms in total. The third kappa shape index (κ3) is 4.32. The van der Waals surface area contributed by atoms with Gasteiger partial charge in [-0.15, -0.1) is 0 Å². The zero-order valence-corrected chi connectivity index (χ0v) is 16.8. The maximum atomic E-state index is 14.3. The van der Waals surface area contributed by atoms with Gasteiger partial charge in [-0.2, -0.15) is 0 Å². The molecule has 0 heterocycles. The van der Waals surface area contributed by atoms with Crippen LogP contribution in [0, 0.1) is 35.1 Å². The van der Waals surface area contributed by atoms with Gasteiger partial charge in [0.15, 0.2) is 17.5 Å². The summed E-state index contributed by atoms with van der Waals surface area (Å²) in [6, 6.07) is 19.2. The largest absolute Gasteiger partial charge is 0.206 e. The first kappa shape index (κ1) is 20.7. The number of hydrogen-bond donors (Lipinski definition) is 0. The van der Waals surface area contributed by atoms with E-state index in [0.717, 1.165) is 36.1 Å².